The second kappa shape index (κ2) is 3.80. The van der Waals surface area contributed by atoms with E-state index in [0.717, 1.165) is 15.3 Å². The fraction of sp³-hybridized carbons (Fsp3) is 0.538. The standard InChI is InChI=1S/C13H16N2O3S/c1-13(2)5-7-8(6-18-13)19-11-9(7)10(16)14(3)12(17)15(11)4/h5-6H2,1-4H3. The van der Waals surface area contributed by atoms with Gasteiger partial charge < -0.3 is 4.74 Å². The minimum absolute atomic E-state index is 0.201. The van der Waals surface area contributed by atoms with Crippen molar-refractivity contribution in [3.63, 3.8) is 0 Å². The highest BCUT2D eigenvalue weighted by Crippen LogP contribution is 2.36. The van der Waals surface area contributed by atoms with Crippen molar-refractivity contribution in [3.8, 4) is 0 Å². The summed E-state index contributed by atoms with van der Waals surface area (Å²) in [5, 5.41) is 0.681. The number of hydrogen-bond donors (Lipinski definition) is 0. The van der Waals surface area contributed by atoms with Gasteiger partial charge in [0.1, 0.15) is 4.83 Å². The molecule has 0 amide bonds. The molecule has 0 atom stereocenters. The van der Waals surface area contributed by atoms with Crippen LogP contribution in [0.5, 0.6) is 0 Å². The molecular formula is C13H16N2O3S. The highest BCUT2D eigenvalue weighted by Gasteiger charge is 2.31. The maximum atomic E-state index is 12.4. The van der Waals surface area contributed by atoms with Gasteiger partial charge in [-0.1, -0.05) is 0 Å². The van der Waals surface area contributed by atoms with Gasteiger partial charge in [0, 0.05) is 25.4 Å². The molecule has 0 spiro atoms. The van der Waals surface area contributed by atoms with Crippen molar-refractivity contribution in [2.75, 3.05) is 0 Å². The molecular weight excluding hydrogens is 264 g/mol. The Morgan fingerprint density at radius 3 is 2.58 bits per heavy atom. The van der Waals surface area contributed by atoms with E-state index in [1.165, 1.54) is 23.0 Å². The predicted molar refractivity (Wildman–Crippen MR) is 74.9 cm³/mol. The Morgan fingerprint density at radius 1 is 1.21 bits per heavy atom. The lowest BCUT2D eigenvalue weighted by Crippen LogP contribution is -2.37. The van der Waals surface area contributed by atoms with Crippen LogP contribution in [-0.2, 0) is 31.9 Å². The van der Waals surface area contributed by atoms with Gasteiger partial charge in [0.05, 0.1) is 17.6 Å². The first-order chi connectivity index (χ1) is 8.82. The second-order valence-corrected chi connectivity index (χ2v) is 6.70. The molecule has 6 heteroatoms. The first-order valence-corrected chi connectivity index (χ1v) is 6.98. The zero-order valence-corrected chi connectivity index (χ0v) is 12.3. The Labute approximate surface area is 114 Å². The quantitative estimate of drug-likeness (QED) is 0.727. The van der Waals surface area contributed by atoms with Gasteiger partial charge in [-0.05, 0) is 19.4 Å². The third kappa shape index (κ3) is 1.70. The maximum Gasteiger partial charge on any atom is 0.331 e. The molecule has 0 fully saturated rings. The van der Waals surface area contributed by atoms with Gasteiger partial charge >= 0.3 is 5.69 Å². The molecule has 0 radical (unpaired) electrons. The van der Waals surface area contributed by atoms with E-state index < -0.39 is 0 Å². The molecule has 1 aliphatic heterocycles. The van der Waals surface area contributed by atoms with Crippen LogP contribution in [0.2, 0.25) is 0 Å². The molecule has 2 aromatic heterocycles. The van der Waals surface area contributed by atoms with Crippen molar-refractivity contribution in [3.05, 3.63) is 31.3 Å². The molecule has 0 aromatic carbocycles. The first kappa shape index (κ1) is 12.6. The highest BCUT2D eigenvalue weighted by molar-refractivity contribution is 7.18. The Hall–Kier alpha value is -1.40. The van der Waals surface area contributed by atoms with Gasteiger partial charge in [-0.15, -0.1) is 11.3 Å². The lowest BCUT2D eigenvalue weighted by atomic mass is 9.94. The molecule has 0 unspecified atom stereocenters. The molecule has 0 saturated carbocycles. The van der Waals surface area contributed by atoms with Gasteiger partial charge in [0.2, 0.25) is 0 Å². The van der Waals surface area contributed by atoms with E-state index in [9.17, 15) is 9.59 Å². The molecule has 5 nitrogen and oxygen atoms in total. The lowest BCUT2D eigenvalue weighted by molar-refractivity contribution is -0.0379. The minimum Gasteiger partial charge on any atom is -0.370 e. The number of aromatic nitrogens is 2. The molecule has 0 aliphatic carbocycles. The van der Waals surface area contributed by atoms with Crippen LogP contribution in [0.15, 0.2) is 9.59 Å². The summed E-state index contributed by atoms with van der Waals surface area (Å²) < 4.78 is 8.50. The third-order valence-corrected chi connectivity index (χ3v) is 4.95. The van der Waals surface area contributed by atoms with Crippen molar-refractivity contribution >= 4 is 21.6 Å². The van der Waals surface area contributed by atoms with Crippen molar-refractivity contribution in [1.29, 1.82) is 0 Å². The number of hydrogen-bond acceptors (Lipinski definition) is 4. The highest BCUT2D eigenvalue weighted by atomic mass is 32.1. The third-order valence-electron chi connectivity index (χ3n) is 3.67. The molecule has 2 aromatic rings. The summed E-state index contributed by atoms with van der Waals surface area (Å²) in [6.07, 6.45) is 0.704. The summed E-state index contributed by atoms with van der Waals surface area (Å²) in [5.74, 6) is 0. The predicted octanol–water partition coefficient (Wildman–Crippen LogP) is 1.15. The van der Waals surface area contributed by atoms with Crippen molar-refractivity contribution in [1.82, 2.24) is 9.13 Å². The Kier molecular flexibility index (Phi) is 2.53. The van der Waals surface area contributed by atoms with Crippen LogP contribution in [0.1, 0.15) is 24.3 Å². The van der Waals surface area contributed by atoms with Gasteiger partial charge in [0.25, 0.3) is 5.56 Å². The van der Waals surface area contributed by atoms with Gasteiger partial charge in [-0.25, -0.2) is 4.79 Å². The van der Waals surface area contributed by atoms with Gasteiger partial charge in [0.15, 0.2) is 0 Å². The number of ether oxygens (including phenoxy) is 1. The average Bonchev–Trinajstić information content (AvgIpc) is 2.71. The molecule has 0 N–H and O–H groups in total. The normalized spacial score (nSPS) is 17.7. The van der Waals surface area contributed by atoms with Crippen molar-refractivity contribution in [2.24, 2.45) is 14.1 Å². The average molecular weight is 280 g/mol. The zero-order chi connectivity index (χ0) is 13.9. The SMILES string of the molecule is Cn1c(=O)c2c3c(sc2n(C)c1=O)COC(C)(C)C3. The molecule has 102 valence electrons. The number of nitrogens with zero attached hydrogens (tertiary/aromatic N) is 2. The van der Waals surface area contributed by atoms with Crippen LogP contribution in [-0.4, -0.2) is 14.7 Å². The molecule has 0 saturated heterocycles. The van der Waals surface area contributed by atoms with Crippen LogP contribution < -0.4 is 11.2 Å². The summed E-state index contributed by atoms with van der Waals surface area (Å²) in [6.45, 7) is 4.55. The lowest BCUT2D eigenvalue weighted by Gasteiger charge is -2.29. The summed E-state index contributed by atoms with van der Waals surface area (Å²) in [5.41, 5.74) is 0.304. The largest absolute Gasteiger partial charge is 0.370 e. The number of rotatable bonds is 0. The van der Waals surface area contributed by atoms with Crippen LogP contribution >= 0.6 is 11.3 Å². The van der Waals surface area contributed by atoms with E-state index in [1.54, 1.807) is 11.6 Å². The number of aryl methyl sites for hydroxylation is 1. The van der Waals surface area contributed by atoms with Crippen LogP contribution in [0.25, 0.3) is 10.2 Å². The maximum absolute atomic E-state index is 12.4. The fourth-order valence-electron chi connectivity index (χ4n) is 2.56. The number of fused-ring (bicyclic) bond motifs is 3. The van der Waals surface area contributed by atoms with E-state index in [1.807, 2.05) is 13.8 Å². The number of thiophene rings is 1. The molecule has 0 bridgehead atoms. The smallest absolute Gasteiger partial charge is 0.331 e. The Balaban J connectivity index is 2.45. The summed E-state index contributed by atoms with van der Waals surface area (Å²) >= 11 is 1.49. The van der Waals surface area contributed by atoms with Crippen LogP contribution in [0, 0.1) is 0 Å². The topological polar surface area (TPSA) is 53.2 Å². The monoisotopic (exact) mass is 280 g/mol. The van der Waals surface area contributed by atoms with E-state index in [-0.39, 0.29) is 16.9 Å². The summed E-state index contributed by atoms with van der Waals surface area (Å²) in [6, 6.07) is 0. The van der Waals surface area contributed by atoms with Gasteiger partial charge in [-0.2, -0.15) is 0 Å². The van der Waals surface area contributed by atoms with Crippen molar-refractivity contribution < 1.29 is 4.74 Å². The molecule has 3 heterocycles. The van der Waals surface area contributed by atoms with E-state index in [2.05, 4.69) is 0 Å². The van der Waals surface area contributed by atoms with Crippen LogP contribution in [0.4, 0.5) is 0 Å². The van der Waals surface area contributed by atoms with Gasteiger partial charge in [-0.3, -0.25) is 13.9 Å². The van der Waals surface area contributed by atoms with Crippen LogP contribution in [0.3, 0.4) is 0 Å². The van der Waals surface area contributed by atoms with E-state index in [4.69, 9.17) is 4.74 Å². The fourth-order valence-corrected chi connectivity index (χ4v) is 3.74. The molecule has 19 heavy (non-hydrogen) atoms. The zero-order valence-electron chi connectivity index (χ0n) is 11.4. The summed E-state index contributed by atoms with van der Waals surface area (Å²) in [7, 11) is 3.23. The first-order valence-electron chi connectivity index (χ1n) is 6.16. The summed E-state index contributed by atoms with van der Waals surface area (Å²) in [4.78, 5) is 26.1. The van der Waals surface area contributed by atoms with E-state index in [0.29, 0.717) is 18.4 Å². The molecule has 1 aliphatic rings. The second-order valence-electron chi connectivity index (χ2n) is 5.61. The Bertz CT molecular complexity index is 795. The molecule has 3 rings (SSSR count). The van der Waals surface area contributed by atoms with E-state index >= 15 is 0 Å². The Morgan fingerprint density at radius 2 is 1.89 bits per heavy atom. The minimum atomic E-state index is -0.281. The van der Waals surface area contributed by atoms with Crippen molar-refractivity contribution in [2.45, 2.75) is 32.5 Å².